The topological polar surface area (TPSA) is 47.6 Å². The van der Waals surface area contributed by atoms with Crippen LogP contribution in [0.3, 0.4) is 0 Å². The van der Waals surface area contributed by atoms with Crippen molar-refractivity contribution >= 4 is 0 Å². The second-order valence-corrected chi connectivity index (χ2v) is 2.17. The first-order chi connectivity index (χ1) is 4.86. The molecule has 0 aliphatic carbocycles. The Labute approximate surface area is 282 Å². The first kappa shape index (κ1) is 28.5. The normalized spacial score (nSPS) is 7.00. The van der Waals surface area contributed by atoms with Gasteiger partial charge >= 0.3 is 233 Å². The molecule has 0 aliphatic rings. The van der Waals surface area contributed by atoms with Crippen molar-refractivity contribution in [3.8, 4) is 0 Å². The zero-order chi connectivity index (χ0) is 7.40. The van der Waals surface area contributed by atoms with Crippen LogP contribution in [-0.4, -0.2) is 0 Å². The minimum atomic E-state index is 0. The molecule has 1 rings (SSSR count). The Kier molecular flexibility index (Phi) is 39.4. The van der Waals surface area contributed by atoms with Gasteiger partial charge in [-0.05, 0) is 0 Å². The molecule has 14 heavy (non-hydrogen) atoms. The van der Waals surface area contributed by atoms with Crippen LogP contribution in [0.2, 0.25) is 0 Å². The van der Waals surface area contributed by atoms with E-state index in [0.717, 1.165) is 11.1 Å². The average Bonchev–Trinajstić information content (AvgIpc) is 2.05. The molecule has 2 N–H and O–H groups in total. The third-order valence-corrected chi connectivity index (χ3v) is 1.40. The van der Waals surface area contributed by atoms with Gasteiger partial charge in [-0.15, -0.1) is 13.1 Å². The summed E-state index contributed by atoms with van der Waals surface area (Å²) in [6.07, 6.45) is 0. The fourth-order valence-electron chi connectivity index (χ4n) is 0.850. The second kappa shape index (κ2) is 19.4. The Morgan fingerprint density at radius 3 is 1.43 bits per heavy atom. The van der Waals surface area contributed by atoms with Gasteiger partial charge in [-0.1, -0.05) is 35.4 Å². The van der Waals surface area contributed by atoms with E-state index in [1.54, 1.807) is 0 Å². The Morgan fingerprint density at radius 2 is 1.14 bits per heavy atom. The van der Waals surface area contributed by atoms with E-state index in [0.29, 0.717) is 13.1 Å². The van der Waals surface area contributed by atoms with E-state index in [1.807, 2.05) is 24.3 Å². The van der Waals surface area contributed by atoms with E-state index in [-0.39, 0.29) is 233 Å². The summed E-state index contributed by atoms with van der Waals surface area (Å²) in [7, 11) is 0. The smallest absolute Gasteiger partial charge is 0.674 e. The molecule has 0 aromatic heterocycles. The second-order valence-electron chi connectivity index (χ2n) is 2.17. The summed E-state index contributed by atoms with van der Waals surface area (Å²) in [5, 5.41) is 0. The van der Waals surface area contributed by atoms with Crippen LogP contribution >= 0.6 is 0 Å². The van der Waals surface area contributed by atoms with E-state index < -0.39 is 0 Å². The number of rotatable bonds is 2. The summed E-state index contributed by atoms with van der Waals surface area (Å²) in [5.74, 6) is 0. The summed E-state index contributed by atoms with van der Waals surface area (Å²) < 4.78 is 0. The van der Waals surface area contributed by atoms with Crippen LogP contribution in [0.25, 0.3) is 11.5 Å². The largest absolute Gasteiger partial charge is 1.00 e. The summed E-state index contributed by atoms with van der Waals surface area (Å²) in [4.78, 5) is 0. The van der Waals surface area contributed by atoms with Crippen LogP contribution in [-0.2, 0) is 13.1 Å². The van der Waals surface area contributed by atoms with Crippen molar-refractivity contribution in [3.05, 3.63) is 46.9 Å². The minimum absolute atomic E-state index is 0. The maximum Gasteiger partial charge on any atom is 1.00 e. The fraction of sp³-hybridized carbons (Fsp3) is 0.250. The molecule has 0 spiro atoms. The molecule has 6 heteroatoms. The standard InChI is InChI=1S/C8H10N2.4Rb/c9-5-7-2-1-3-8(4-7)6-10;;;;/h1-4,9-10H,5-6H2;;;;/q-2;4*+1. The van der Waals surface area contributed by atoms with Crippen molar-refractivity contribution in [1.82, 2.24) is 0 Å². The number of benzene rings is 1. The molecule has 0 saturated carbocycles. The van der Waals surface area contributed by atoms with Crippen molar-refractivity contribution in [1.29, 1.82) is 0 Å². The van der Waals surface area contributed by atoms with Gasteiger partial charge in [0.05, 0.1) is 0 Å². The molecule has 0 unspecified atom stereocenters. The summed E-state index contributed by atoms with van der Waals surface area (Å²) >= 11 is 0. The number of nitrogens with one attached hydrogen (secondary N) is 2. The van der Waals surface area contributed by atoms with E-state index in [4.69, 9.17) is 11.5 Å². The predicted octanol–water partition coefficient (Wildman–Crippen LogP) is -9.19. The monoisotopic (exact) mass is 474 g/mol. The van der Waals surface area contributed by atoms with Gasteiger partial charge in [-0.2, -0.15) is 0 Å². The molecule has 0 radical (unpaired) electrons. The minimum Gasteiger partial charge on any atom is -0.674 e. The van der Waals surface area contributed by atoms with E-state index in [2.05, 4.69) is 0 Å². The van der Waals surface area contributed by atoms with Crippen molar-refractivity contribution in [2.45, 2.75) is 13.1 Å². The van der Waals surface area contributed by atoms with Crippen molar-refractivity contribution in [2.75, 3.05) is 0 Å². The zero-order valence-corrected chi connectivity index (χ0v) is 29.4. The molecule has 2 nitrogen and oxygen atoms in total. The predicted molar refractivity (Wildman–Crippen MR) is 42.5 cm³/mol. The average molecular weight is 476 g/mol. The molecule has 0 aliphatic heterocycles. The molecule has 1 aromatic carbocycles. The first-order valence-electron chi connectivity index (χ1n) is 3.24. The Hall–Kier alpha value is 6.36. The zero-order valence-electron chi connectivity index (χ0n) is 9.72. The van der Waals surface area contributed by atoms with Crippen LogP contribution < -0.4 is 233 Å². The van der Waals surface area contributed by atoms with Gasteiger partial charge in [0.25, 0.3) is 0 Å². The summed E-state index contributed by atoms with van der Waals surface area (Å²) in [6.45, 7) is 0.627. The van der Waals surface area contributed by atoms with Crippen LogP contribution in [0, 0.1) is 0 Å². The fourth-order valence-corrected chi connectivity index (χ4v) is 0.850. The van der Waals surface area contributed by atoms with Gasteiger partial charge in [0.15, 0.2) is 0 Å². The SMILES string of the molecule is [NH-]Cc1cccc(C[NH-])c1.[Rb+].[Rb+].[Rb+].[Rb+]. The summed E-state index contributed by atoms with van der Waals surface area (Å²) in [5.41, 5.74) is 16.1. The Bertz CT molecular complexity index is 201. The van der Waals surface area contributed by atoms with Crippen LogP contribution in [0.1, 0.15) is 11.1 Å². The molecule has 0 atom stereocenters. The molecule has 0 fully saturated rings. The molecule has 0 amide bonds. The van der Waals surface area contributed by atoms with Crippen molar-refractivity contribution in [2.24, 2.45) is 0 Å². The molecule has 0 heterocycles. The van der Waals surface area contributed by atoms with Gasteiger partial charge in [0.2, 0.25) is 0 Å². The Morgan fingerprint density at radius 1 is 0.786 bits per heavy atom. The van der Waals surface area contributed by atoms with E-state index in [1.165, 1.54) is 0 Å². The van der Waals surface area contributed by atoms with Gasteiger partial charge in [-0.3, -0.25) is 0 Å². The number of hydrogen-bond acceptors (Lipinski definition) is 0. The molecule has 54 valence electrons. The van der Waals surface area contributed by atoms with Crippen molar-refractivity contribution < 1.29 is 233 Å². The summed E-state index contributed by atoms with van der Waals surface area (Å²) in [6, 6.07) is 7.62. The van der Waals surface area contributed by atoms with Gasteiger partial charge in [0.1, 0.15) is 0 Å². The number of hydrogen-bond donors (Lipinski definition) is 0. The van der Waals surface area contributed by atoms with Crippen LogP contribution in [0.4, 0.5) is 0 Å². The van der Waals surface area contributed by atoms with E-state index >= 15 is 0 Å². The molecular formula is C8H10N2Rb4+2. The quantitative estimate of drug-likeness (QED) is 0.408. The van der Waals surface area contributed by atoms with Crippen molar-refractivity contribution in [3.63, 3.8) is 0 Å². The van der Waals surface area contributed by atoms with Gasteiger partial charge < -0.3 is 11.5 Å². The van der Waals surface area contributed by atoms with Gasteiger partial charge in [0, 0.05) is 0 Å². The maximum absolute atomic E-state index is 7.05. The molecule has 0 bridgehead atoms. The van der Waals surface area contributed by atoms with Gasteiger partial charge in [-0.25, -0.2) is 0 Å². The molecular weight excluding hydrogens is 466 g/mol. The van der Waals surface area contributed by atoms with E-state index in [9.17, 15) is 0 Å². The third-order valence-electron chi connectivity index (χ3n) is 1.40. The molecule has 1 aromatic rings. The van der Waals surface area contributed by atoms with Crippen LogP contribution in [0.15, 0.2) is 24.3 Å². The van der Waals surface area contributed by atoms with Crippen LogP contribution in [0.5, 0.6) is 0 Å². The third kappa shape index (κ3) is 13.3. The molecule has 0 saturated heterocycles. The first-order valence-corrected chi connectivity index (χ1v) is 3.24. The maximum atomic E-state index is 7.05. The Balaban J connectivity index is -0.000000125.